The molecule has 2 rings (SSSR count). The van der Waals surface area contributed by atoms with Crippen LogP contribution in [0.3, 0.4) is 0 Å². The number of aryl methyl sites for hydroxylation is 1. The Morgan fingerprint density at radius 2 is 2.06 bits per heavy atom. The minimum Gasteiger partial charge on any atom is -0.364 e. The van der Waals surface area contributed by atoms with Gasteiger partial charge in [0.1, 0.15) is 12.1 Å². The van der Waals surface area contributed by atoms with Crippen molar-refractivity contribution >= 4 is 5.82 Å². The van der Waals surface area contributed by atoms with E-state index in [1.54, 1.807) is 6.33 Å². The minimum atomic E-state index is 0.408. The first-order valence-electron chi connectivity index (χ1n) is 6.13. The maximum Gasteiger partial charge on any atom is 0.129 e. The van der Waals surface area contributed by atoms with E-state index in [1.165, 1.54) is 0 Å². The average Bonchev–Trinajstić information content (AvgIpc) is 2.37. The number of anilines is 1. The van der Waals surface area contributed by atoms with Gasteiger partial charge in [-0.1, -0.05) is 19.9 Å². The van der Waals surface area contributed by atoms with Crippen molar-refractivity contribution in [2.45, 2.75) is 33.2 Å². The smallest absolute Gasteiger partial charge is 0.129 e. The van der Waals surface area contributed by atoms with Crippen LogP contribution < -0.4 is 5.32 Å². The van der Waals surface area contributed by atoms with Crippen LogP contribution in [0.15, 0.2) is 30.6 Å². The summed E-state index contributed by atoms with van der Waals surface area (Å²) in [5, 5.41) is 3.27. The van der Waals surface area contributed by atoms with E-state index in [-0.39, 0.29) is 0 Å². The summed E-state index contributed by atoms with van der Waals surface area (Å²) >= 11 is 0. The molecule has 4 nitrogen and oxygen atoms in total. The molecule has 4 heteroatoms. The molecule has 0 saturated heterocycles. The monoisotopic (exact) mass is 242 g/mol. The molecule has 0 amide bonds. The zero-order valence-corrected chi connectivity index (χ0v) is 11.0. The Hall–Kier alpha value is -1.97. The van der Waals surface area contributed by atoms with Gasteiger partial charge >= 0.3 is 0 Å². The summed E-state index contributed by atoms with van der Waals surface area (Å²) in [6.45, 7) is 6.91. The first-order chi connectivity index (χ1) is 8.65. The van der Waals surface area contributed by atoms with Crippen molar-refractivity contribution in [3.63, 3.8) is 0 Å². The third kappa shape index (κ3) is 3.26. The van der Waals surface area contributed by atoms with Crippen LogP contribution in [0, 0.1) is 6.92 Å². The summed E-state index contributed by atoms with van der Waals surface area (Å²) in [6.07, 6.45) is 1.60. The van der Waals surface area contributed by atoms with Crippen molar-refractivity contribution in [2.24, 2.45) is 0 Å². The molecule has 18 heavy (non-hydrogen) atoms. The molecule has 0 saturated carbocycles. The Bertz CT molecular complexity index is 523. The Morgan fingerprint density at radius 1 is 1.22 bits per heavy atom. The van der Waals surface area contributed by atoms with E-state index in [0.717, 1.165) is 22.9 Å². The number of pyridine rings is 1. The molecular weight excluding hydrogens is 224 g/mol. The van der Waals surface area contributed by atoms with Crippen LogP contribution in [0.25, 0.3) is 0 Å². The zero-order chi connectivity index (χ0) is 13.0. The maximum absolute atomic E-state index is 4.44. The van der Waals surface area contributed by atoms with Crippen molar-refractivity contribution in [2.75, 3.05) is 5.32 Å². The fourth-order valence-corrected chi connectivity index (χ4v) is 1.66. The van der Waals surface area contributed by atoms with Gasteiger partial charge in [0.2, 0.25) is 0 Å². The number of nitrogens with one attached hydrogen (secondary N) is 1. The predicted molar refractivity (Wildman–Crippen MR) is 72.4 cm³/mol. The van der Waals surface area contributed by atoms with Gasteiger partial charge in [0.25, 0.3) is 0 Å². The summed E-state index contributed by atoms with van der Waals surface area (Å²) in [6, 6.07) is 7.99. The zero-order valence-electron chi connectivity index (χ0n) is 11.0. The minimum absolute atomic E-state index is 0.408. The highest BCUT2D eigenvalue weighted by Crippen LogP contribution is 2.14. The SMILES string of the molecule is Cc1cccc(CNc2cc(C(C)C)ncn2)n1. The Balaban J connectivity index is 2.04. The van der Waals surface area contributed by atoms with Crippen molar-refractivity contribution in [1.82, 2.24) is 15.0 Å². The third-order valence-electron chi connectivity index (χ3n) is 2.68. The molecule has 0 unspecified atom stereocenters. The first-order valence-corrected chi connectivity index (χ1v) is 6.13. The molecule has 0 aliphatic heterocycles. The van der Waals surface area contributed by atoms with Crippen LogP contribution in [0.2, 0.25) is 0 Å². The number of aromatic nitrogens is 3. The van der Waals surface area contributed by atoms with E-state index >= 15 is 0 Å². The van der Waals surface area contributed by atoms with Gasteiger partial charge in [-0.05, 0) is 25.0 Å². The van der Waals surface area contributed by atoms with Gasteiger partial charge in [0.05, 0.1) is 12.2 Å². The molecule has 2 aromatic rings. The maximum atomic E-state index is 4.44. The molecule has 0 bridgehead atoms. The molecule has 1 N–H and O–H groups in total. The highest BCUT2D eigenvalue weighted by atomic mass is 15.0. The lowest BCUT2D eigenvalue weighted by molar-refractivity contribution is 0.813. The van der Waals surface area contributed by atoms with Gasteiger partial charge < -0.3 is 5.32 Å². The third-order valence-corrected chi connectivity index (χ3v) is 2.68. The molecule has 0 aliphatic carbocycles. The fraction of sp³-hybridized carbons (Fsp3) is 0.357. The summed E-state index contributed by atoms with van der Waals surface area (Å²) in [4.78, 5) is 12.9. The van der Waals surface area contributed by atoms with Crippen molar-refractivity contribution in [3.05, 3.63) is 47.7 Å². The first kappa shape index (κ1) is 12.5. The van der Waals surface area contributed by atoms with E-state index in [4.69, 9.17) is 0 Å². The van der Waals surface area contributed by atoms with Gasteiger partial charge in [0.15, 0.2) is 0 Å². The van der Waals surface area contributed by atoms with Crippen LogP contribution >= 0.6 is 0 Å². The second-order valence-electron chi connectivity index (χ2n) is 4.61. The second kappa shape index (κ2) is 5.58. The van der Waals surface area contributed by atoms with Crippen LogP contribution in [0.1, 0.15) is 36.8 Å². The largest absolute Gasteiger partial charge is 0.364 e. The summed E-state index contributed by atoms with van der Waals surface area (Å²) in [7, 11) is 0. The van der Waals surface area contributed by atoms with E-state index in [1.807, 2.05) is 31.2 Å². The Morgan fingerprint density at radius 3 is 2.78 bits per heavy atom. The highest BCUT2D eigenvalue weighted by Gasteiger charge is 2.03. The molecule has 94 valence electrons. The van der Waals surface area contributed by atoms with Gasteiger partial charge in [-0.15, -0.1) is 0 Å². The summed E-state index contributed by atoms with van der Waals surface area (Å²) in [5.41, 5.74) is 3.09. The normalized spacial score (nSPS) is 10.7. The van der Waals surface area contributed by atoms with Crippen LogP contribution in [0.4, 0.5) is 5.82 Å². The lowest BCUT2D eigenvalue weighted by Gasteiger charge is -2.08. The highest BCUT2D eigenvalue weighted by molar-refractivity contribution is 5.36. The molecule has 0 spiro atoms. The molecule has 0 fully saturated rings. The summed E-state index contributed by atoms with van der Waals surface area (Å²) < 4.78 is 0. The van der Waals surface area contributed by atoms with Crippen LogP contribution in [0.5, 0.6) is 0 Å². The van der Waals surface area contributed by atoms with E-state index in [9.17, 15) is 0 Å². The number of rotatable bonds is 4. The lowest BCUT2D eigenvalue weighted by Crippen LogP contribution is -2.05. The number of nitrogens with zero attached hydrogens (tertiary/aromatic N) is 3. The van der Waals surface area contributed by atoms with Crippen LogP contribution in [-0.4, -0.2) is 15.0 Å². The van der Waals surface area contributed by atoms with Crippen LogP contribution in [-0.2, 0) is 6.54 Å². The quantitative estimate of drug-likeness (QED) is 0.895. The van der Waals surface area contributed by atoms with Gasteiger partial charge in [0, 0.05) is 17.5 Å². The van der Waals surface area contributed by atoms with Gasteiger partial charge in [-0.2, -0.15) is 0 Å². The Labute approximate surface area is 108 Å². The van der Waals surface area contributed by atoms with Gasteiger partial charge in [-0.25, -0.2) is 9.97 Å². The van der Waals surface area contributed by atoms with Gasteiger partial charge in [-0.3, -0.25) is 4.98 Å². The second-order valence-corrected chi connectivity index (χ2v) is 4.61. The number of hydrogen-bond donors (Lipinski definition) is 1. The summed E-state index contributed by atoms with van der Waals surface area (Å²) in [5.74, 6) is 1.25. The van der Waals surface area contributed by atoms with Crippen molar-refractivity contribution < 1.29 is 0 Å². The molecule has 2 aromatic heterocycles. The topological polar surface area (TPSA) is 50.7 Å². The molecule has 0 atom stereocenters. The average molecular weight is 242 g/mol. The fourth-order valence-electron chi connectivity index (χ4n) is 1.66. The molecule has 2 heterocycles. The number of hydrogen-bond acceptors (Lipinski definition) is 4. The van der Waals surface area contributed by atoms with Crippen molar-refractivity contribution in [1.29, 1.82) is 0 Å². The van der Waals surface area contributed by atoms with Crippen molar-refractivity contribution in [3.8, 4) is 0 Å². The lowest BCUT2D eigenvalue weighted by atomic mass is 10.1. The van der Waals surface area contributed by atoms with E-state index < -0.39 is 0 Å². The van der Waals surface area contributed by atoms with E-state index in [0.29, 0.717) is 12.5 Å². The molecule has 0 aromatic carbocycles. The Kier molecular flexibility index (Phi) is 3.87. The predicted octanol–water partition coefficient (Wildman–Crippen LogP) is 2.92. The van der Waals surface area contributed by atoms with E-state index in [2.05, 4.69) is 34.1 Å². The standard InChI is InChI=1S/C14H18N4/c1-10(2)13-7-14(17-9-16-13)15-8-12-6-4-5-11(3)18-12/h4-7,9-10H,8H2,1-3H3,(H,15,16,17). The molecule has 0 radical (unpaired) electrons. The molecular formula is C14H18N4. The molecule has 0 aliphatic rings.